The molecule has 2 rings (SSSR count). The van der Waals surface area contributed by atoms with Crippen LogP contribution in [0.3, 0.4) is 0 Å². The van der Waals surface area contributed by atoms with Gasteiger partial charge in [-0.25, -0.2) is 4.79 Å². The Labute approximate surface area is 125 Å². The predicted molar refractivity (Wildman–Crippen MR) is 79.8 cm³/mol. The lowest BCUT2D eigenvalue weighted by Crippen LogP contribution is -2.48. The van der Waals surface area contributed by atoms with Crippen LogP contribution in [0.15, 0.2) is 22.7 Å². The third-order valence-electron chi connectivity index (χ3n) is 3.79. The van der Waals surface area contributed by atoms with Gasteiger partial charge in [-0.2, -0.15) is 0 Å². The molecular formula is C14H17BrN2O3. The standard InChI is InChI=1S/C14H17BrN2O3/c1-9-7-10(15)3-4-11(9)17-13(20)16-8-14(12(18)19)5-2-6-14/h3-4,7H,2,5-6,8H2,1H3,(H,18,19)(H2,16,17,20). The monoisotopic (exact) mass is 340 g/mol. The normalized spacial score (nSPS) is 16.1. The number of rotatable bonds is 4. The molecule has 1 fully saturated rings. The number of benzene rings is 1. The predicted octanol–water partition coefficient (Wildman–Crippen LogP) is 3.13. The molecule has 0 saturated heterocycles. The Morgan fingerprint density at radius 1 is 1.40 bits per heavy atom. The molecule has 3 N–H and O–H groups in total. The summed E-state index contributed by atoms with van der Waals surface area (Å²) in [7, 11) is 0. The van der Waals surface area contributed by atoms with E-state index in [9.17, 15) is 14.7 Å². The van der Waals surface area contributed by atoms with Crippen molar-refractivity contribution in [2.24, 2.45) is 5.41 Å². The molecule has 6 heteroatoms. The zero-order chi connectivity index (χ0) is 14.8. The highest BCUT2D eigenvalue weighted by Crippen LogP contribution is 2.40. The second-order valence-corrected chi connectivity index (χ2v) is 6.12. The minimum atomic E-state index is -0.830. The molecule has 20 heavy (non-hydrogen) atoms. The summed E-state index contributed by atoms with van der Waals surface area (Å²) in [6, 6.07) is 5.17. The van der Waals surface area contributed by atoms with E-state index in [1.807, 2.05) is 19.1 Å². The first-order chi connectivity index (χ1) is 9.43. The molecule has 1 aliphatic carbocycles. The molecule has 0 atom stereocenters. The molecule has 1 aliphatic rings. The van der Waals surface area contributed by atoms with Crippen LogP contribution in [0.5, 0.6) is 0 Å². The summed E-state index contributed by atoms with van der Waals surface area (Å²) in [5.74, 6) is -0.830. The van der Waals surface area contributed by atoms with E-state index in [1.54, 1.807) is 6.07 Å². The molecule has 1 saturated carbocycles. The quantitative estimate of drug-likeness (QED) is 0.787. The summed E-state index contributed by atoms with van der Waals surface area (Å²) in [5.41, 5.74) is 0.876. The van der Waals surface area contributed by atoms with Gasteiger partial charge in [0.15, 0.2) is 0 Å². The van der Waals surface area contributed by atoms with Gasteiger partial charge in [0.05, 0.1) is 5.41 Å². The molecule has 1 aromatic rings. The van der Waals surface area contributed by atoms with Crippen molar-refractivity contribution in [2.75, 3.05) is 11.9 Å². The Morgan fingerprint density at radius 3 is 2.60 bits per heavy atom. The number of amides is 2. The zero-order valence-corrected chi connectivity index (χ0v) is 12.8. The Hall–Kier alpha value is -1.56. The smallest absolute Gasteiger partial charge is 0.319 e. The van der Waals surface area contributed by atoms with Crippen molar-refractivity contribution >= 4 is 33.6 Å². The number of carboxylic acids is 1. The largest absolute Gasteiger partial charge is 0.481 e. The van der Waals surface area contributed by atoms with Gasteiger partial charge in [0, 0.05) is 16.7 Å². The van der Waals surface area contributed by atoms with E-state index in [1.165, 1.54) is 0 Å². The molecule has 0 spiro atoms. The first-order valence-electron chi connectivity index (χ1n) is 6.47. The lowest BCUT2D eigenvalue weighted by molar-refractivity contribution is -0.153. The van der Waals surface area contributed by atoms with Gasteiger partial charge >= 0.3 is 12.0 Å². The third-order valence-corrected chi connectivity index (χ3v) is 4.28. The molecule has 2 amide bonds. The maximum Gasteiger partial charge on any atom is 0.319 e. The number of aryl methyl sites for hydroxylation is 1. The fourth-order valence-electron chi connectivity index (χ4n) is 2.25. The highest BCUT2D eigenvalue weighted by Gasteiger charge is 2.44. The topological polar surface area (TPSA) is 78.4 Å². The van der Waals surface area contributed by atoms with E-state index in [4.69, 9.17) is 0 Å². The summed E-state index contributed by atoms with van der Waals surface area (Å²) in [6.07, 6.45) is 2.15. The summed E-state index contributed by atoms with van der Waals surface area (Å²) < 4.78 is 0.945. The van der Waals surface area contributed by atoms with Crippen molar-refractivity contribution in [1.29, 1.82) is 0 Å². The number of carboxylic acid groups (broad SMARTS) is 1. The van der Waals surface area contributed by atoms with Crippen molar-refractivity contribution in [1.82, 2.24) is 5.32 Å². The Kier molecular flexibility index (Phi) is 4.32. The van der Waals surface area contributed by atoms with Crippen LogP contribution in [0, 0.1) is 12.3 Å². The number of anilines is 1. The summed E-state index contributed by atoms with van der Waals surface area (Å²) >= 11 is 3.36. The second-order valence-electron chi connectivity index (χ2n) is 5.21. The summed E-state index contributed by atoms with van der Waals surface area (Å²) in [4.78, 5) is 23.0. The van der Waals surface area contributed by atoms with E-state index < -0.39 is 11.4 Å². The number of carbonyl (C=O) groups is 2. The van der Waals surface area contributed by atoms with Crippen LogP contribution in [0.25, 0.3) is 0 Å². The fourth-order valence-corrected chi connectivity index (χ4v) is 2.73. The number of nitrogens with one attached hydrogen (secondary N) is 2. The van der Waals surface area contributed by atoms with Crippen molar-refractivity contribution in [2.45, 2.75) is 26.2 Å². The number of hydrogen-bond donors (Lipinski definition) is 3. The van der Waals surface area contributed by atoms with Crippen LogP contribution in [0.2, 0.25) is 0 Å². The first kappa shape index (κ1) is 14.8. The van der Waals surface area contributed by atoms with Gasteiger partial charge < -0.3 is 15.7 Å². The van der Waals surface area contributed by atoms with E-state index >= 15 is 0 Å². The molecule has 108 valence electrons. The average Bonchev–Trinajstić information content (AvgIpc) is 2.31. The second kappa shape index (κ2) is 5.83. The number of halogens is 1. The molecular weight excluding hydrogens is 324 g/mol. The number of carbonyl (C=O) groups excluding carboxylic acids is 1. The van der Waals surface area contributed by atoms with Crippen molar-refractivity contribution < 1.29 is 14.7 Å². The van der Waals surface area contributed by atoms with Gasteiger partial charge in [0.2, 0.25) is 0 Å². The highest BCUT2D eigenvalue weighted by molar-refractivity contribution is 9.10. The van der Waals surface area contributed by atoms with Crippen molar-refractivity contribution in [3.05, 3.63) is 28.2 Å². The van der Waals surface area contributed by atoms with Crippen molar-refractivity contribution in [3.63, 3.8) is 0 Å². The lowest BCUT2D eigenvalue weighted by atomic mass is 9.69. The van der Waals surface area contributed by atoms with Crippen LogP contribution in [0.4, 0.5) is 10.5 Å². The molecule has 1 aromatic carbocycles. The zero-order valence-electron chi connectivity index (χ0n) is 11.2. The van der Waals surface area contributed by atoms with Gasteiger partial charge in [-0.05, 0) is 43.5 Å². The van der Waals surface area contributed by atoms with Crippen LogP contribution in [0.1, 0.15) is 24.8 Å². The average molecular weight is 341 g/mol. The minimum Gasteiger partial charge on any atom is -0.481 e. The molecule has 0 aromatic heterocycles. The van der Waals surface area contributed by atoms with Gasteiger partial charge in [-0.3, -0.25) is 4.79 Å². The Bertz CT molecular complexity index is 541. The fraction of sp³-hybridized carbons (Fsp3) is 0.429. The first-order valence-corrected chi connectivity index (χ1v) is 7.27. The summed E-state index contributed by atoms with van der Waals surface area (Å²) in [6.45, 7) is 2.06. The number of hydrogen-bond acceptors (Lipinski definition) is 2. The molecule has 5 nitrogen and oxygen atoms in total. The van der Waals surface area contributed by atoms with E-state index in [0.717, 1.165) is 16.5 Å². The molecule has 0 bridgehead atoms. The van der Waals surface area contributed by atoms with Crippen LogP contribution >= 0.6 is 15.9 Å². The molecule has 0 heterocycles. The van der Waals surface area contributed by atoms with Gasteiger partial charge in [-0.1, -0.05) is 22.4 Å². The third kappa shape index (κ3) is 3.12. The molecule has 0 unspecified atom stereocenters. The molecule has 0 aliphatic heterocycles. The van der Waals surface area contributed by atoms with Crippen LogP contribution in [-0.4, -0.2) is 23.7 Å². The van der Waals surface area contributed by atoms with Gasteiger partial charge in [0.1, 0.15) is 0 Å². The maximum atomic E-state index is 11.8. The van der Waals surface area contributed by atoms with Gasteiger partial charge in [0.25, 0.3) is 0 Å². The SMILES string of the molecule is Cc1cc(Br)ccc1NC(=O)NCC1(C(=O)O)CCC1. The number of urea groups is 1. The Morgan fingerprint density at radius 2 is 2.10 bits per heavy atom. The summed E-state index contributed by atoms with van der Waals surface area (Å²) in [5, 5.41) is 14.6. The van der Waals surface area contributed by atoms with E-state index in [0.29, 0.717) is 18.5 Å². The highest BCUT2D eigenvalue weighted by atomic mass is 79.9. The van der Waals surface area contributed by atoms with E-state index in [2.05, 4.69) is 26.6 Å². The van der Waals surface area contributed by atoms with E-state index in [-0.39, 0.29) is 12.6 Å². The minimum absolute atomic E-state index is 0.170. The van der Waals surface area contributed by atoms with Gasteiger partial charge in [-0.15, -0.1) is 0 Å². The Balaban J connectivity index is 1.91. The van der Waals surface area contributed by atoms with Crippen LogP contribution in [-0.2, 0) is 4.79 Å². The molecule has 0 radical (unpaired) electrons. The maximum absolute atomic E-state index is 11.8. The van der Waals surface area contributed by atoms with Crippen LogP contribution < -0.4 is 10.6 Å². The van der Waals surface area contributed by atoms with Crippen molar-refractivity contribution in [3.8, 4) is 0 Å². The lowest BCUT2D eigenvalue weighted by Gasteiger charge is -2.37. The number of aliphatic carboxylic acids is 1.